The van der Waals surface area contributed by atoms with Crippen molar-refractivity contribution in [2.24, 2.45) is 0 Å². The summed E-state index contributed by atoms with van der Waals surface area (Å²) < 4.78 is 57.8. The number of hydrogen-bond acceptors (Lipinski definition) is 13. The summed E-state index contributed by atoms with van der Waals surface area (Å²) in [5.41, 5.74) is 7.79. The van der Waals surface area contributed by atoms with Crippen LogP contribution in [0.15, 0.2) is 97.1 Å². The SMILES string of the molecule is COc1cc(C)cc2c(C)c(C)sc12.COc1cc(C)cc2c(C)c(C)sc12.COc1cc(C)cc2cc(C)sc12.COc1cc(C)cc2cc(C)sc12.COc1cc(OC)c2sc(C)cc2c1F.COc1cccc2cc(C)sc12. The number of hydrogen-bond donors (Lipinski definition) is 0. The van der Waals surface area contributed by atoms with Crippen LogP contribution < -0.4 is 33.2 Å². The molecule has 6 aromatic heterocycles. The first-order chi connectivity index (χ1) is 38.6. The Morgan fingerprint density at radius 3 is 1.01 bits per heavy atom. The highest BCUT2D eigenvalue weighted by Gasteiger charge is 2.16. The summed E-state index contributed by atoms with van der Waals surface area (Å²) in [6.45, 7) is 25.4. The van der Waals surface area contributed by atoms with Gasteiger partial charge in [-0.25, -0.2) is 4.39 Å². The first-order valence-electron chi connectivity index (χ1n) is 26.2. The number of benzene rings is 6. The highest BCUT2D eigenvalue weighted by Crippen LogP contribution is 2.42. The van der Waals surface area contributed by atoms with Gasteiger partial charge in [-0.1, -0.05) is 36.4 Å². The van der Waals surface area contributed by atoms with Crippen LogP contribution in [0.2, 0.25) is 0 Å². The minimum Gasteiger partial charge on any atom is -0.495 e. The first-order valence-corrected chi connectivity index (χ1v) is 31.1. The van der Waals surface area contributed by atoms with E-state index in [2.05, 4.69) is 149 Å². The average molecular weight is 1200 g/mol. The second kappa shape index (κ2) is 27.6. The van der Waals surface area contributed by atoms with Gasteiger partial charge in [0.25, 0.3) is 0 Å². The monoisotopic (exact) mass is 1200 g/mol. The third-order valence-electron chi connectivity index (χ3n) is 13.4. The lowest BCUT2D eigenvalue weighted by molar-refractivity contribution is 0.378. The molecule has 0 saturated heterocycles. The van der Waals surface area contributed by atoms with E-state index in [1.807, 2.05) is 41.7 Å². The summed E-state index contributed by atoms with van der Waals surface area (Å²) in [6, 6.07) is 33.3. The Bertz CT molecular complexity index is 3950. The van der Waals surface area contributed by atoms with Crippen LogP contribution in [0.4, 0.5) is 4.39 Å². The van der Waals surface area contributed by atoms with Crippen molar-refractivity contribution in [3.05, 3.63) is 166 Å². The predicted octanol–water partition coefficient (Wildman–Crippen LogP) is 21.3. The van der Waals surface area contributed by atoms with Gasteiger partial charge < -0.3 is 33.2 Å². The Balaban J connectivity index is 0.000000140. The van der Waals surface area contributed by atoms with Crippen LogP contribution in [-0.4, -0.2) is 49.8 Å². The number of aryl methyl sites for hydroxylation is 12. The Kier molecular flexibility index (Phi) is 21.2. The van der Waals surface area contributed by atoms with Gasteiger partial charge in [0.2, 0.25) is 0 Å². The van der Waals surface area contributed by atoms with E-state index in [0.29, 0.717) is 11.1 Å². The van der Waals surface area contributed by atoms with Crippen LogP contribution in [0.25, 0.3) is 60.5 Å². The van der Waals surface area contributed by atoms with Gasteiger partial charge in [-0.15, -0.1) is 68.0 Å². The van der Waals surface area contributed by atoms with Crippen molar-refractivity contribution in [3.8, 4) is 40.2 Å². The number of fused-ring (bicyclic) bond motifs is 6. The summed E-state index contributed by atoms with van der Waals surface area (Å²) in [4.78, 5) is 7.80. The molecule has 0 bridgehead atoms. The number of ether oxygens (including phenoxy) is 7. The van der Waals surface area contributed by atoms with Crippen LogP contribution in [-0.2, 0) is 0 Å². The van der Waals surface area contributed by atoms with Crippen LogP contribution in [0, 0.1) is 88.9 Å². The van der Waals surface area contributed by atoms with Gasteiger partial charge in [-0.3, -0.25) is 0 Å². The molecule has 0 fully saturated rings. The topological polar surface area (TPSA) is 64.6 Å². The van der Waals surface area contributed by atoms with E-state index in [1.165, 1.54) is 127 Å². The van der Waals surface area contributed by atoms with Crippen molar-refractivity contribution in [2.45, 2.75) is 83.1 Å². The Morgan fingerprint density at radius 1 is 0.284 bits per heavy atom. The van der Waals surface area contributed by atoms with E-state index in [9.17, 15) is 4.39 Å². The summed E-state index contributed by atoms with van der Waals surface area (Å²) in [5, 5.41) is 7.10. The van der Waals surface area contributed by atoms with Gasteiger partial charge >= 0.3 is 0 Å². The van der Waals surface area contributed by atoms with Crippen LogP contribution in [0.3, 0.4) is 0 Å². The van der Waals surface area contributed by atoms with Crippen LogP contribution in [0.1, 0.15) is 62.6 Å². The highest BCUT2D eigenvalue weighted by molar-refractivity contribution is 7.21. The maximum absolute atomic E-state index is 13.8. The van der Waals surface area contributed by atoms with E-state index in [1.54, 1.807) is 88.8 Å². The lowest BCUT2D eigenvalue weighted by Gasteiger charge is -2.06. The van der Waals surface area contributed by atoms with Gasteiger partial charge in [0, 0.05) is 40.7 Å². The zero-order valence-electron chi connectivity index (χ0n) is 49.9. The number of methoxy groups -OCH3 is 7. The second-order valence-electron chi connectivity index (χ2n) is 19.7. The molecule has 0 spiro atoms. The van der Waals surface area contributed by atoms with Crippen molar-refractivity contribution in [1.82, 2.24) is 0 Å². The minimum absolute atomic E-state index is 0.220. The van der Waals surface area contributed by atoms with Gasteiger partial charge in [-0.05, 0) is 198 Å². The van der Waals surface area contributed by atoms with E-state index in [-0.39, 0.29) is 11.6 Å². The number of rotatable bonds is 7. The van der Waals surface area contributed by atoms with E-state index in [0.717, 1.165) is 38.3 Å². The van der Waals surface area contributed by atoms with Gasteiger partial charge in [-0.2, -0.15) is 0 Å². The molecule has 0 amide bonds. The summed E-state index contributed by atoms with van der Waals surface area (Å²) in [5.74, 6) is 5.52. The molecule has 426 valence electrons. The quantitative estimate of drug-likeness (QED) is 0.158. The Hall–Kier alpha value is -6.39. The zero-order valence-corrected chi connectivity index (χ0v) is 54.8. The van der Waals surface area contributed by atoms with Gasteiger partial charge in [0.1, 0.15) is 34.5 Å². The fourth-order valence-electron chi connectivity index (χ4n) is 9.35. The molecule has 6 aromatic carbocycles. The fourth-order valence-corrected chi connectivity index (χ4v) is 15.6. The predicted molar refractivity (Wildman–Crippen MR) is 354 cm³/mol. The third-order valence-corrected chi connectivity index (χ3v) is 20.2. The molecule has 14 heteroatoms. The molecule has 0 aliphatic carbocycles. The highest BCUT2D eigenvalue weighted by atomic mass is 32.1. The lowest BCUT2D eigenvalue weighted by atomic mass is 10.1. The molecule has 0 unspecified atom stereocenters. The minimum atomic E-state index is -0.322. The smallest absolute Gasteiger partial charge is 0.173 e. The molecule has 12 aromatic rings. The lowest BCUT2D eigenvalue weighted by Crippen LogP contribution is -1.91. The largest absolute Gasteiger partial charge is 0.495 e. The molecular weight excluding hydrogens is 1130 g/mol. The molecule has 0 atom stereocenters. The maximum Gasteiger partial charge on any atom is 0.173 e. The van der Waals surface area contributed by atoms with Gasteiger partial charge in [0.05, 0.1) is 78.0 Å². The second-order valence-corrected chi connectivity index (χ2v) is 27.1. The molecule has 0 aliphatic rings. The maximum atomic E-state index is 13.8. The summed E-state index contributed by atoms with van der Waals surface area (Å²) in [7, 11) is 11.7. The van der Waals surface area contributed by atoms with E-state index >= 15 is 0 Å². The van der Waals surface area contributed by atoms with Crippen LogP contribution >= 0.6 is 68.0 Å². The summed E-state index contributed by atoms with van der Waals surface area (Å²) >= 11 is 10.5. The van der Waals surface area contributed by atoms with E-state index < -0.39 is 0 Å². The molecule has 6 heterocycles. The normalized spacial score (nSPS) is 10.7. The van der Waals surface area contributed by atoms with Crippen molar-refractivity contribution in [1.29, 1.82) is 0 Å². The van der Waals surface area contributed by atoms with Crippen molar-refractivity contribution in [3.63, 3.8) is 0 Å². The summed E-state index contributed by atoms with van der Waals surface area (Å²) in [6.07, 6.45) is 0. The fraction of sp³-hybridized carbons (Fsp3) is 0.284. The molecule has 0 aliphatic heterocycles. The molecule has 0 N–H and O–H groups in total. The first kappa shape index (κ1) is 62.2. The molecule has 0 saturated carbocycles. The number of halogens is 1. The number of thiophene rings is 6. The zero-order chi connectivity index (χ0) is 59.0. The Labute approximate surface area is 501 Å². The Morgan fingerprint density at radius 2 is 0.605 bits per heavy atom. The standard InChI is InChI=1S/2C12H14OS.C11H11FO2S.2C11H12OS.C10H10OS/c2*1-7-5-10-8(2)9(3)14-12(10)11(6-7)13-4;1-6-4-7-10(12)8(13-2)5-9(14-3)11(7)15-6;2*1-7-4-9-6-8(2)13-11(9)10(5-7)12-3;1-7-6-8-4-3-5-9(11-2)10(8)12-7/h2*5-6H,1-4H3;4-5H,1-3H3;2*4-6H,1-3H3;3-6H,1-2H3. The molecular formula is C67H73FO7S6. The van der Waals surface area contributed by atoms with Gasteiger partial charge in [0.15, 0.2) is 11.6 Å². The average Bonchev–Trinajstić information content (AvgIpc) is 4.34. The molecule has 12 rings (SSSR count). The molecule has 7 nitrogen and oxygen atoms in total. The molecule has 81 heavy (non-hydrogen) atoms. The molecule has 0 radical (unpaired) electrons. The van der Waals surface area contributed by atoms with Crippen molar-refractivity contribution in [2.75, 3.05) is 49.8 Å². The van der Waals surface area contributed by atoms with E-state index in [4.69, 9.17) is 33.2 Å². The van der Waals surface area contributed by atoms with Crippen molar-refractivity contribution < 1.29 is 37.5 Å². The third kappa shape index (κ3) is 14.5. The van der Waals surface area contributed by atoms with Crippen LogP contribution in [0.5, 0.6) is 40.2 Å². The van der Waals surface area contributed by atoms with Crippen molar-refractivity contribution >= 4 is 129 Å².